The van der Waals surface area contributed by atoms with Crippen LogP contribution in [0.2, 0.25) is 0 Å². The Kier molecular flexibility index (Phi) is 3.55. The highest BCUT2D eigenvalue weighted by Gasteiger charge is 2.28. The fourth-order valence-corrected chi connectivity index (χ4v) is 2.27. The maximum Gasteiger partial charge on any atom is 0.326 e. The van der Waals surface area contributed by atoms with Gasteiger partial charge in [0, 0.05) is 29.9 Å². The smallest absolute Gasteiger partial charge is 0.326 e. The molecule has 0 fully saturated rings. The number of fused-ring (bicyclic) bond motifs is 1. The van der Waals surface area contributed by atoms with E-state index in [4.69, 9.17) is 0 Å². The molecule has 0 saturated carbocycles. The van der Waals surface area contributed by atoms with E-state index in [2.05, 4.69) is 10.3 Å². The number of aromatic amines is 1. The third-order valence-electron chi connectivity index (χ3n) is 3.24. The van der Waals surface area contributed by atoms with Crippen LogP contribution in [0, 0.1) is 0 Å². The van der Waals surface area contributed by atoms with Crippen molar-refractivity contribution < 1.29 is 14.7 Å². The molecule has 2 atom stereocenters. The van der Waals surface area contributed by atoms with Crippen LogP contribution in [0.15, 0.2) is 30.5 Å². The maximum absolute atomic E-state index is 11.3. The number of H-pyrrole nitrogens is 1. The zero-order chi connectivity index (χ0) is 14.0. The van der Waals surface area contributed by atoms with E-state index < -0.39 is 12.0 Å². The number of carbonyl (C=O) groups is 2. The number of hydrogen-bond acceptors (Lipinski definition) is 2. The molecule has 3 N–H and O–H groups in total. The number of carboxylic acid groups (broad SMARTS) is 1. The largest absolute Gasteiger partial charge is 0.480 e. The number of hydrogen-bond donors (Lipinski definition) is 3. The molecule has 0 radical (unpaired) electrons. The Hall–Kier alpha value is -2.30. The van der Waals surface area contributed by atoms with E-state index in [9.17, 15) is 14.7 Å². The van der Waals surface area contributed by atoms with Gasteiger partial charge in [-0.1, -0.05) is 25.1 Å². The Labute approximate surface area is 110 Å². The van der Waals surface area contributed by atoms with E-state index in [-0.39, 0.29) is 11.8 Å². The maximum atomic E-state index is 11.3. The molecule has 2 aromatic rings. The molecule has 5 heteroatoms. The Bertz CT molecular complexity index is 618. The average molecular weight is 260 g/mol. The van der Waals surface area contributed by atoms with Crippen molar-refractivity contribution >= 4 is 22.8 Å². The summed E-state index contributed by atoms with van der Waals surface area (Å²) in [7, 11) is 0. The number of nitrogens with one attached hydrogen (secondary N) is 2. The number of aliphatic carboxylic acids is 1. The van der Waals surface area contributed by atoms with Gasteiger partial charge in [-0.25, -0.2) is 4.79 Å². The van der Waals surface area contributed by atoms with E-state index in [0.29, 0.717) is 0 Å². The fourth-order valence-electron chi connectivity index (χ4n) is 2.27. The van der Waals surface area contributed by atoms with Crippen LogP contribution in [0.4, 0.5) is 0 Å². The van der Waals surface area contributed by atoms with Crippen LogP contribution >= 0.6 is 0 Å². The van der Waals surface area contributed by atoms with Crippen LogP contribution in [-0.4, -0.2) is 28.0 Å². The normalized spacial score (nSPS) is 14.0. The highest BCUT2D eigenvalue weighted by Crippen LogP contribution is 2.27. The van der Waals surface area contributed by atoms with Crippen LogP contribution in [-0.2, 0) is 9.59 Å². The molecule has 0 aliphatic rings. The van der Waals surface area contributed by atoms with Crippen molar-refractivity contribution in [3.8, 4) is 0 Å². The third kappa shape index (κ3) is 2.59. The molecule has 100 valence electrons. The molecule has 0 aliphatic carbocycles. The van der Waals surface area contributed by atoms with Crippen molar-refractivity contribution in [1.29, 1.82) is 0 Å². The van der Waals surface area contributed by atoms with E-state index in [1.807, 2.05) is 24.3 Å². The minimum absolute atomic E-state index is 0.322. The molecule has 1 amide bonds. The summed E-state index contributed by atoms with van der Waals surface area (Å²) in [6, 6.07) is 6.75. The molecule has 0 bridgehead atoms. The summed E-state index contributed by atoms with van der Waals surface area (Å²) >= 11 is 0. The zero-order valence-corrected chi connectivity index (χ0v) is 10.8. The molecule has 2 rings (SSSR count). The molecule has 19 heavy (non-hydrogen) atoms. The van der Waals surface area contributed by atoms with E-state index in [1.165, 1.54) is 6.92 Å². The molecule has 0 spiro atoms. The second kappa shape index (κ2) is 5.14. The van der Waals surface area contributed by atoms with Crippen LogP contribution in [0.1, 0.15) is 25.3 Å². The first-order chi connectivity index (χ1) is 9.00. The first-order valence-corrected chi connectivity index (χ1v) is 6.06. The number of rotatable bonds is 4. The van der Waals surface area contributed by atoms with Crippen molar-refractivity contribution in [1.82, 2.24) is 10.3 Å². The van der Waals surface area contributed by atoms with E-state index in [1.54, 1.807) is 13.1 Å². The predicted octanol–water partition coefficient (Wildman–Crippen LogP) is 1.86. The Morgan fingerprint density at radius 3 is 2.63 bits per heavy atom. The van der Waals surface area contributed by atoms with Gasteiger partial charge in [0.1, 0.15) is 6.04 Å². The molecule has 1 heterocycles. The Morgan fingerprint density at radius 1 is 1.32 bits per heavy atom. The van der Waals surface area contributed by atoms with Crippen LogP contribution < -0.4 is 5.32 Å². The summed E-state index contributed by atoms with van der Waals surface area (Å²) in [6.07, 6.45) is 1.80. The topological polar surface area (TPSA) is 82.2 Å². The van der Waals surface area contributed by atoms with Gasteiger partial charge in [-0.05, 0) is 11.6 Å². The second-order valence-corrected chi connectivity index (χ2v) is 4.59. The summed E-state index contributed by atoms with van der Waals surface area (Å²) < 4.78 is 0. The number of amides is 1. The molecule has 1 aromatic carbocycles. The van der Waals surface area contributed by atoms with Gasteiger partial charge in [-0.3, -0.25) is 4.79 Å². The van der Waals surface area contributed by atoms with Crippen LogP contribution in [0.25, 0.3) is 10.9 Å². The highest BCUT2D eigenvalue weighted by molar-refractivity contribution is 5.87. The standard InChI is InChI=1S/C14H16N2O3/c1-8(13(14(18)19)16-9(2)17)11-7-15-12-6-4-3-5-10(11)12/h3-8,13,15H,1-2H3,(H,16,17)(H,18,19)/t8-,13-/m1/s1. The van der Waals surface area contributed by atoms with Gasteiger partial charge < -0.3 is 15.4 Å². The molecule has 0 aliphatic heterocycles. The number of carbonyl (C=O) groups excluding carboxylic acids is 1. The molecule has 1 aromatic heterocycles. The quantitative estimate of drug-likeness (QED) is 0.784. The molecular formula is C14H16N2O3. The lowest BCUT2D eigenvalue weighted by Gasteiger charge is -2.20. The lowest BCUT2D eigenvalue weighted by Crippen LogP contribution is -2.43. The van der Waals surface area contributed by atoms with Crippen molar-refractivity contribution in [2.45, 2.75) is 25.8 Å². The lowest BCUT2D eigenvalue weighted by molar-refractivity contribution is -0.142. The SMILES string of the molecule is CC(=O)N[C@@H](C(=O)O)[C@H](C)c1c[nH]c2ccccc12. The van der Waals surface area contributed by atoms with Crippen molar-refractivity contribution in [2.75, 3.05) is 0 Å². The Balaban J connectivity index is 2.38. The summed E-state index contributed by atoms with van der Waals surface area (Å²) in [5.41, 5.74) is 1.84. The van der Waals surface area contributed by atoms with Crippen molar-refractivity contribution in [3.05, 3.63) is 36.0 Å². The first-order valence-electron chi connectivity index (χ1n) is 6.06. The first kappa shape index (κ1) is 13.1. The number of benzene rings is 1. The second-order valence-electron chi connectivity index (χ2n) is 4.59. The van der Waals surface area contributed by atoms with E-state index >= 15 is 0 Å². The van der Waals surface area contributed by atoms with E-state index in [0.717, 1.165) is 16.5 Å². The van der Waals surface area contributed by atoms with Gasteiger partial charge in [-0.2, -0.15) is 0 Å². The number of para-hydroxylation sites is 1. The third-order valence-corrected chi connectivity index (χ3v) is 3.24. The van der Waals surface area contributed by atoms with Gasteiger partial charge >= 0.3 is 5.97 Å². The van der Waals surface area contributed by atoms with Gasteiger partial charge in [0.05, 0.1) is 0 Å². The molecule has 5 nitrogen and oxygen atoms in total. The van der Waals surface area contributed by atoms with Gasteiger partial charge in [0.2, 0.25) is 5.91 Å². The molecule has 0 saturated heterocycles. The summed E-state index contributed by atoms with van der Waals surface area (Å²) in [5.74, 6) is -1.70. The predicted molar refractivity (Wildman–Crippen MR) is 72.0 cm³/mol. The van der Waals surface area contributed by atoms with Gasteiger partial charge in [0.25, 0.3) is 0 Å². The van der Waals surface area contributed by atoms with Crippen LogP contribution in [0.3, 0.4) is 0 Å². The number of aromatic nitrogens is 1. The highest BCUT2D eigenvalue weighted by atomic mass is 16.4. The fraction of sp³-hybridized carbons (Fsp3) is 0.286. The van der Waals surface area contributed by atoms with Gasteiger partial charge in [-0.15, -0.1) is 0 Å². The summed E-state index contributed by atoms with van der Waals surface area (Å²) in [5, 5.41) is 12.7. The van der Waals surface area contributed by atoms with Crippen molar-refractivity contribution in [3.63, 3.8) is 0 Å². The van der Waals surface area contributed by atoms with Gasteiger partial charge in [0.15, 0.2) is 0 Å². The minimum atomic E-state index is -1.03. The summed E-state index contributed by atoms with van der Waals surface area (Å²) in [6.45, 7) is 3.11. The summed E-state index contributed by atoms with van der Waals surface area (Å²) in [4.78, 5) is 25.5. The Morgan fingerprint density at radius 2 is 2.00 bits per heavy atom. The lowest BCUT2D eigenvalue weighted by atomic mass is 9.93. The van der Waals surface area contributed by atoms with Crippen LogP contribution in [0.5, 0.6) is 0 Å². The minimum Gasteiger partial charge on any atom is -0.480 e. The zero-order valence-electron chi connectivity index (χ0n) is 10.8. The number of carboxylic acids is 1. The molecule has 0 unspecified atom stereocenters. The monoisotopic (exact) mass is 260 g/mol. The average Bonchev–Trinajstić information content (AvgIpc) is 2.78. The molecular weight excluding hydrogens is 244 g/mol. The van der Waals surface area contributed by atoms with Crippen molar-refractivity contribution in [2.24, 2.45) is 0 Å².